The van der Waals surface area contributed by atoms with Gasteiger partial charge < -0.3 is 14.5 Å². The molecule has 2 aromatic carbocycles. The number of amides is 1. The maximum Gasteiger partial charge on any atom is 0.227 e. The zero-order chi connectivity index (χ0) is 25.1. The molecule has 0 spiro atoms. The molecule has 2 aliphatic heterocycles. The van der Waals surface area contributed by atoms with Crippen molar-refractivity contribution < 1.29 is 9.53 Å². The molecule has 6 heteroatoms. The summed E-state index contributed by atoms with van der Waals surface area (Å²) < 4.78 is 6.14. The highest BCUT2D eigenvalue weighted by atomic mass is 16.5. The van der Waals surface area contributed by atoms with Gasteiger partial charge in [0.25, 0.3) is 0 Å². The number of likely N-dealkylation sites (N-methyl/N-ethyl adjacent to an activating group) is 1. The maximum absolute atomic E-state index is 13.6. The van der Waals surface area contributed by atoms with Crippen molar-refractivity contribution in [1.82, 2.24) is 19.7 Å². The minimum Gasteiger partial charge on any atom is -0.492 e. The number of carbonyl (C=O) groups is 1. The number of aromatic nitrogens is 1. The van der Waals surface area contributed by atoms with Gasteiger partial charge in [0.1, 0.15) is 5.75 Å². The Bertz CT molecular complexity index is 1180. The van der Waals surface area contributed by atoms with Crippen molar-refractivity contribution in [3.63, 3.8) is 0 Å². The lowest BCUT2D eigenvalue weighted by Gasteiger charge is -2.38. The first-order valence-electron chi connectivity index (χ1n) is 13.2. The number of hydrogen-bond acceptors (Lipinski definition) is 5. The molecule has 1 aromatic heterocycles. The second-order valence-electron chi connectivity index (χ2n) is 10.8. The van der Waals surface area contributed by atoms with Crippen molar-refractivity contribution >= 4 is 16.7 Å². The first-order valence-corrected chi connectivity index (χ1v) is 13.2. The number of ether oxygens (including phenoxy) is 1. The summed E-state index contributed by atoms with van der Waals surface area (Å²) in [7, 11) is 4.22. The van der Waals surface area contributed by atoms with Crippen LogP contribution in [0.5, 0.6) is 5.75 Å². The highest BCUT2D eigenvalue weighted by molar-refractivity contribution is 5.83. The van der Waals surface area contributed by atoms with E-state index in [0.29, 0.717) is 24.5 Å². The van der Waals surface area contributed by atoms with Crippen molar-refractivity contribution in [3.05, 3.63) is 72.1 Å². The van der Waals surface area contributed by atoms with Gasteiger partial charge in [0, 0.05) is 50.4 Å². The Morgan fingerprint density at radius 3 is 2.64 bits per heavy atom. The summed E-state index contributed by atoms with van der Waals surface area (Å²) in [6.45, 7) is 6.85. The predicted molar refractivity (Wildman–Crippen MR) is 144 cm³/mol. The molecule has 2 aliphatic rings. The highest BCUT2D eigenvalue weighted by Crippen LogP contribution is 2.28. The SMILES string of the molecule is Cc1ccc(OC[C@H]2C[C@@H](C(=O)N3CCC(N(C)C)C3)CN(Cc3ccc4ccccc4c3)C2)cn1. The van der Waals surface area contributed by atoms with E-state index >= 15 is 0 Å². The number of piperidine rings is 1. The number of aryl methyl sites for hydroxylation is 1. The molecule has 190 valence electrons. The monoisotopic (exact) mass is 486 g/mol. The smallest absolute Gasteiger partial charge is 0.227 e. The molecule has 0 saturated carbocycles. The third-order valence-corrected chi connectivity index (χ3v) is 7.76. The maximum atomic E-state index is 13.6. The van der Waals surface area contributed by atoms with E-state index in [1.807, 2.05) is 19.1 Å². The number of carbonyl (C=O) groups excluding carboxylic acids is 1. The molecule has 0 bridgehead atoms. The van der Waals surface area contributed by atoms with Crippen molar-refractivity contribution in [1.29, 1.82) is 0 Å². The molecule has 0 radical (unpaired) electrons. The molecule has 3 atom stereocenters. The van der Waals surface area contributed by atoms with Crippen LogP contribution in [-0.2, 0) is 11.3 Å². The average molecular weight is 487 g/mol. The molecule has 1 amide bonds. The van der Waals surface area contributed by atoms with Crippen LogP contribution in [0.3, 0.4) is 0 Å². The Labute approximate surface area is 214 Å². The van der Waals surface area contributed by atoms with Crippen LogP contribution in [0.4, 0.5) is 0 Å². The molecule has 3 heterocycles. The van der Waals surface area contributed by atoms with Crippen molar-refractivity contribution in [3.8, 4) is 5.75 Å². The lowest BCUT2D eigenvalue weighted by Crippen LogP contribution is -2.48. The lowest BCUT2D eigenvalue weighted by atomic mass is 9.88. The van der Waals surface area contributed by atoms with Crippen LogP contribution in [0, 0.1) is 18.8 Å². The molecule has 0 N–H and O–H groups in total. The van der Waals surface area contributed by atoms with Crippen LogP contribution >= 0.6 is 0 Å². The van der Waals surface area contributed by atoms with Crippen molar-refractivity contribution in [2.24, 2.45) is 11.8 Å². The largest absolute Gasteiger partial charge is 0.492 e. The molecule has 36 heavy (non-hydrogen) atoms. The van der Waals surface area contributed by atoms with Gasteiger partial charge in [-0.2, -0.15) is 0 Å². The molecule has 2 saturated heterocycles. The van der Waals surface area contributed by atoms with Gasteiger partial charge in [0.05, 0.1) is 18.7 Å². The zero-order valence-electron chi connectivity index (χ0n) is 21.8. The van der Waals surface area contributed by atoms with Gasteiger partial charge in [-0.05, 0) is 68.4 Å². The quantitative estimate of drug-likeness (QED) is 0.500. The molecule has 6 nitrogen and oxygen atoms in total. The minimum atomic E-state index is 0.00450. The van der Waals surface area contributed by atoms with Crippen LogP contribution in [0.2, 0.25) is 0 Å². The van der Waals surface area contributed by atoms with Gasteiger partial charge in [-0.25, -0.2) is 0 Å². The van der Waals surface area contributed by atoms with Crippen LogP contribution < -0.4 is 4.74 Å². The van der Waals surface area contributed by atoms with Crippen LogP contribution in [-0.4, -0.2) is 78.5 Å². The summed E-state index contributed by atoms with van der Waals surface area (Å²) in [6, 6.07) is 19.6. The predicted octanol–water partition coefficient (Wildman–Crippen LogP) is 4.22. The minimum absolute atomic E-state index is 0.00450. The highest BCUT2D eigenvalue weighted by Gasteiger charge is 2.37. The molecule has 3 aromatic rings. The second kappa shape index (κ2) is 11.0. The summed E-state index contributed by atoms with van der Waals surface area (Å²) in [5.41, 5.74) is 2.27. The first-order chi connectivity index (χ1) is 17.4. The van der Waals surface area contributed by atoms with E-state index in [1.54, 1.807) is 6.20 Å². The Balaban J connectivity index is 1.29. The summed E-state index contributed by atoms with van der Waals surface area (Å²) in [5, 5.41) is 2.52. The third kappa shape index (κ3) is 5.88. The van der Waals surface area contributed by atoms with Gasteiger partial charge >= 0.3 is 0 Å². The van der Waals surface area contributed by atoms with E-state index in [2.05, 4.69) is 76.2 Å². The van der Waals surface area contributed by atoms with E-state index in [9.17, 15) is 4.79 Å². The Morgan fingerprint density at radius 1 is 1.06 bits per heavy atom. The van der Waals surface area contributed by atoms with E-state index in [4.69, 9.17) is 4.74 Å². The van der Waals surface area contributed by atoms with Crippen molar-refractivity contribution in [2.75, 3.05) is 46.9 Å². The van der Waals surface area contributed by atoms with Gasteiger partial charge in [0.2, 0.25) is 5.91 Å². The second-order valence-corrected chi connectivity index (χ2v) is 10.8. The number of pyridine rings is 1. The molecular formula is C30H38N4O2. The van der Waals surface area contributed by atoms with E-state index in [1.165, 1.54) is 16.3 Å². The molecular weight excluding hydrogens is 448 g/mol. The number of fused-ring (bicyclic) bond motifs is 1. The normalized spacial score (nSPS) is 22.9. The summed E-state index contributed by atoms with van der Waals surface area (Å²) in [5.74, 6) is 1.40. The Kier molecular flexibility index (Phi) is 7.54. The van der Waals surface area contributed by atoms with Crippen LogP contribution in [0.15, 0.2) is 60.8 Å². The summed E-state index contributed by atoms with van der Waals surface area (Å²) >= 11 is 0. The number of likely N-dealkylation sites (tertiary alicyclic amines) is 2. The fraction of sp³-hybridized carbons (Fsp3) is 0.467. The molecule has 1 unspecified atom stereocenters. The summed E-state index contributed by atoms with van der Waals surface area (Å²) in [6.07, 6.45) is 3.72. The van der Waals surface area contributed by atoms with E-state index in [0.717, 1.165) is 57.0 Å². The van der Waals surface area contributed by atoms with Crippen LogP contribution in [0.25, 0.3) is 10.8 Å². The molecule has 2 fully saturated rings. The van der Waals surface area contributed by atoms with E-state index in [-0.39, 0.29) is 5.92 Å². The Hall–Kier alpha value is -2.96. The number of benzene rings is 2. The average Bonchev–Trinajstić information content (AvgIpc) is 3.39. The summed E-state index contributed by atoms with van der Waals surface area (Å²) in [4.78, 5) is 24.8. The number of nitrogens with zero attached hydrogens (tertiary/aromatic N) is 4. The van der Waals surface area contributed by atoms with Gasteiger partial charge in [-0.15, -0.1) is 0 Å². The first kappa shape index (κ1) is 24.7. The van der Waals surface area contributed by atoms with Gasteiger partial charge in [-0.3, -0.25) is 14.7 Å². The van der Waals surface area contributed by atoms with Crippen molar-refractivity contribution in [2.45, 2.75) is 32.4 Å². The van der Waals surface area contributed by atoms with Crippen LogP contribution in [0.1, 0.15) is 24.1 Å². The Morgan fingerprint density at radius 2 is 1.89 bits per heavy atom. The van der Waals surface area contributed by atoms with Gasteiger partial charge in [-0.1, -0.05) is 36.4 Å². The van der Waals surface area contributed by atoms with E-state index < -0.39 is 0 Å². The molecule has 0 aliphatic carbocycles. The lowest BCUT2D eigenvalue weighted by molar-refractivity contribution is -0.137. The fourth-order valence-corrected chi connectivity index (χ4v) is 5.70. The van der Waals surface area contributed by atoms with Gasteiger partial charge in [0.15, 0.2) is 0 Å². The zero-order valence-corrected chi connectivity index (χ0v) is 21.8. The standard InChI is InChI=1S/C30H38N4O2/c1-22-8-11-29(16-31-22)36-21-24-15-27(30(35)34-13-12-28(20-34)32(2)3)19-33(18-24)17-23-9-10-25-6-4-5-7-26(25)14-23/h4-11,14,16,24,27-28H,12-13,15,17-21H2,1-3H3/t24-,27+,28?/m0/s1. The topological polar surface area (TPSA) is 48.9 Å². The fourth-order valence-electron chi connectivity index (χ4n) is 5.70. The third-order valence-electron chi connectivity index (χ3n) is 7.76. The number of rotatable bonds is 7. The number of hydrogen-bond donors (Lipinski definition) is 0. The molecule has 5 rings (SSSR count).